The van der Waals surface area contributed by atoms with Gasteiger partial charge < -0.3 is 10.4 Å². The number of para-hydroxylation sites is 1. The van der Waals surface area contributed by atoms with E-state index in [0.29, 0.717) is 13.0 Å². The summed E-state index contributed by atoms with van der Waals surface area (Å²) in [5.74, 6) is 0. The van der Waals surface area contributed by atoms with Gasteiger partial charge in [0, 0.05) is 13.0 Å². The maximum Gasteiger partial charge on any atom is 0.0964 e. The quantitative estimate of drug-likeness (QED) is 0.773. The highest BCUT2D eigenvalue weighted by molar-refractivity contribution is 7.18. The number of nitrogens with zero attached hydrogens (tertiary/aromatic N) is 1. The molecule has 1 aromatic heterocycles. The predicted octanol–water partition coefficient (Wildman–Crippen LogP) is 2.20. The molecule has 0 aliphatic carbocycles. The molecule has 0 aliphatic heterocycles. The number of hydrogen-bond donors (Lipinski definition) is 2. The van der Waals surface area contributed by atoms with Crippen LogP contribution in [-0.2, 0) is 6.42 Å². The van der Waals surface area contributed by atoms with Crippen molar-refractivity contribution in [2.75, 3.05) is 13.1 Å². The topological polar surface area (TPSA) is 45.1 Å². The van der Waals surface area contributed by atoms with Gasteiger partial charge in [0.2, 0.25) is 0 Å². The van der Waals surface area contributed by atoms with Crippen molar-refractivity contribution in [1.82, 2.24) is 10.3 Å². The molecule has 2 aromatic rings. The first-order valence-corrected chi connectivity index (χ1v) is 6.84. The summed E-state index contributed by atoms with van der Waals surface area (Å²) in [4.78, 5) is 4.51. The zero-order valence-corrected chi connectivity index (χ0v) is 10.8. The molecule has 4 heteroatoms. The fourth-order valence-electron chi connectivity index (χ4n) is 1.73. The Hall–Kier alpha value is -0.970. The van der Waals surface area contributed by atoms with Crippen LogP contribution in [-0.4, -0.2) is 29.3 Å². The van der Waals surface area contributed by atoms with Crippen LogP contribution in [0.5, 0.6) is 0 Å². The monoisotopic (exact) mass is 250 g/mol. The van der Waals surface area contributed by atoms with E-state index in [-0.39, 0.29) is 6.10 Å². The molecule has 0 aliphatic rings. The van der Waals surface area contributed by atoms with Crippen molar-refractivity contribution in [1.29, 1.82) is 0 Å². The Bertz CT molecular complexity index is 436. The first kappa shape index (κ1) is 12.5. The lowest BCUT2D eigenvalue weighted by Crippen LogP contribution is -2.28. The molecule has 92 valence electrons. The molecule has 0 spiro atoms. The van der Waals surface area contributed by atoms with Crippen molar-refractivity contribution in [2.45, 2.75) is 25.9 Å². The maximum absolute atomic E-state index is 9.86. The van der Waals surface area contributed by atoms with Gasteiger partial charge in [-0.15, -0.1) is 11.3 Å². The van der Waals surface area contributed by atoms with Gasteiger partial charge in [0.1, 0.15) is 0 Å². The summed E-state index contributed by atoms with van der Waals surface area (Å²) in [7, 11) is 0. The molecule has 0 saturated heterocycles. The molecule has 2 rings (SSSR count). The van der Waals surface area contributed by atoms with Crippen LogP contribution < -0.4 is 5.32 Å². The number of benzene rings is 1. The van der Waals surface area contributed by atoms with Gasteiger partial charge in [0.25, 0.3) is 0 Å². The minimum atomic E-state index is -0.345. The Balaban J connectivity index is 1.93. The first-order valence-electron chi connectivity index (χ1n) is 6.03. The summed E-state index contributed by atoms with van der Waals surface area (Å²) >= 11 is 1.67. The molecule has 1 atom stereocenters. The number of fused-ring (bicyclic) bond motifs is 1. The number of aliphatic hydroxyl groups excluding tert-OH is 1. The molecule has 0 radical (unpaired) electrons. The Morgan fingerprint density at radius 3 is 3.00 bits per heavy atom. The number of aromatic nitrogens is 1. The Kier molecular flexibility index (Phi) is 4.48. The number of rotatable bonds is 6. The summed E-state index contributed by atoms with van der Waals surface area (Å²) in [6.07, 6.45) is 1.38. The molecule has 0 bridgehead atoms. The van der Waals surface area contributed by atoms with Crippen LogP contribution >= 0.6 is 11.3 Å². The molecule has 3 nitrogen and oxygen atoms in total. The summed E-state index contributed by atoms with van der Waals surface area (Å²) in [5.41, 5.74) is 1.03. The van der Waals surface area contributed by atoms with Crippen LogP contribution in [0.15, 0.2) is 24.3 Å². The predicted molar refractivity (Wildman–Crippen MR) is 72.5 cm³/mol. The van der Waals surface area contributed by atoms with Gasteiger partial charge in [-0.05, 0) is 25.1 Å². The van der Waals surface area contributed by atoms with E-state index in [2.05, 4.69) is 23.3 Å². The minimum absolute atomic E-state index is 0.345. The second-order valence-corrected chi connectivity index (χ2v) is 5.25. The van der Waals surface area contributed by atoms with E-state index in [1.807, 2.05) is 18.2 Å². The normalized spacial score (nSPS) is 13.1. The zero-order chi connectivity index (χ0) is 12.1. The Labute approximate surface area is 106 Å². The van der Waals surface area contributed by atoms with Gasteiger partial charge in [0.15, 0.2) is 0 Å². The van der Waals surface area contributed by atoms with Crippen molar-refractivity contribution in [2.24, 2.45) is 0 Å². The number of nitrogens with one attached hydrogen (secondary N) is 1. The zero-order valence-electron chi connectivity index (χ0n) is 10.0. The van der Waals surface area contributed by atoms with Crippen LogP contribution in [0, 0.1) is 0 Å². The highest BCUT2D eigenvalue weighted by Gasteiger charge is 2.09. The van der Waals surface area contributed by atoms with E-state index in [4.69, 9.17) is 0 Å². The van der Waals surface area contributed by atoms with E-state index < -0.39 is 0 Å². The molecule has 1 unspecified atom stereocenters. The van der Waals surface area contributed by atoms with Crippen LogP contribution in [0.4, 0.5) is 0 Å². The summed E-state index contributed by atoms with van der Waals surface area (Å²) in [5, 5.41) is 14.1. The lowest BCUT2D eigenvalue weighted by Gasteiger charge is -2.09. The second-order valence-electron chi connectivity index (χ2n) is 4.14. The van der Waals surface area contributed by atoms with Crippen LogP contribution in [0.25, 0.3) is 10.2 Å². The highest BCUT2D eigenvalue weighted by atomic mass is 32.1. The minimum Gasteiger partial charge on any atom is -0.391 e. The van der Waals surface area contributed by atoms with Crippen LogP contribution in [0.1, 0.15) is 18.4 Å². The summed E-state index contributed by atoms with van der Waals surface area (Å²) < 4.78 is 1.19. The Morgan fingerprint density at radius 1 is 1.41 bits per heavy atom. The van der Waals surface area contributed by atoms with Crippen LogP contribution in [0.3, 0.4) is 0 Å². The maximum atomic E-state index is 9.86. The van der Waals surface area contributed by atoms with Gasteiger partial charge >= 0.3 is 0 Å². The molecule has 2 N–H and O–H groups in total. The van der Waals surface area contributed by atoms with Crippen molar-refractivity contribution >= 4 is 21.6 Å². The first-order chi connectivity index (χ1) is 8.29. The number of thiazole rings is 1. The third-order valence-electron chi connectivity index (χ3n) is 2.56. The fraction of sp³-hybridized carbons (Fsp3) is 0.462. The lowest BCUT2D eigenvalue weighted by molar-refractivity contribution is 0.172. The molecule has 1 aromatic carbocycles. The van der Waals surface area contributed by atoms with Gasteiger partial charge in [0.05, 0.1) is 21.3 Å². The molecular formula is C13H18N2OS. The second kappa shape index (κ2) is 6.10. The molecule has 0 fully saturated rings. The van der Waals surface area contributed by atoms with Gasteiger partial charge in [-0.25, -0.2) is 4.98 Å². The van der Waals surface area contributed by atoms with Crippen LogP contribution in [0.2, 0.25) is 0 Å². The average molecular weight is 250 g/mol. The van der Waals surface area contributed by atoms with Gasteiger partial charge in [-0.2, -0.15) is 0 Å². The van der Waals surface area contributed by atoms with E-state index in [1.165, 1.54) is 4.70 Å². The molecule has 0 amide bonds. The largest absolute Gasteiger partial charge is 0.391 e. The van der Waals surface area contributed by atoms with Gasteiger partial charge in [-0.3, -0.25) is 0 Å². The van der Waals surface area contributed by atoms with Crippen molar-refractivity contribution in [3.63, 3.8) is 0 Å². The van der Waals surface area contributed by atoms with Crippen molar-refractivity contribution in [3.8, 4) is 0 Å². The van der Waals surface area contributed by atoms with E-state index >= 15 is 0 Å². The number of aliphatic hydroxyl groups is 1. The molecule has 0 saturated carbocycles. The standard InChI is InChI=1S/C13H18N2OS/c1-2-7-14-9-10(16)8-13-15-11-5-3-4-6-12(11)17-13/h3-6,10,14,16H,2,7-9H2,1H3. The van der Waals surface area contributed by atoms with Crippen molar-refractivity contribution in [3.05, 3.63) is 29.3 Å². The van der Waals surface area contributed by atoms with Gasteiger partial charge in [-0.1, -0.05) is 19.1 Å². The van der Waals surface area contributed by atoms with Crippen molar-refractivity contribution < 1.29 is 5.11 Å². The fourth-order valence-corrected chi connectivity index (χ4v) is 2.76. The molecule has 1 heterocycles. The third-order valence-corrected chi connectivity index (χ3v) is 3.61. The molecular weight excluding hydrogens is 232 g/mol. The average Bonchev–Trinajstić information content (AvgIpc) is 2.71. The molecule has 17 heavy (non-hydrogen) atoms. The summed E-state index contributed by atoms with van der Waals surface area (Å²) in [6, 6.07) is 8.09. The highest BCUT2D eigenvalue weighted by Crippen LogP contribution is 2.22. The lowest BCUT2D eigenvalue weighted by atomic mass is 10.2. The van der Waals surface area contributed by atoms with E-state index in [0.717, 1.165) is 23.5 Å². The Morgan fingerprint density at radius 2 is 2.24 bits per heavy atom. The van der Waals surface area contributed by atoms with E-state index in [9.17, 15) is 5.11 Å². The SMILES string of the molecule is CCCNCC(O)Cc1nc2ccccc2s1. The third kappa shape index (κ3) is 3.49. The van der Waals surface area contributed by atoms with E-state index in [1.54, 1.807) is 11.3 Å². The smallest absolute Gasteiger partial charge is 0.0964 e. The summed E-state index contributed by atoms with van der Waals surface area (Å²) in [6.45, 7) is 3.72. The number of hydrogen-bond acceptors (Lipinski definition) is 4.